The number of nitrogens with zero attached hydrogens (tertiary/aromatic N) is 6. The number of aryl methyl sites for hydroxylation is 2. The molecule has 4 aliphatic rings. The molecule has 6 atom stereocenters. The molecule has 4 bridgehead atoms. The van der Waals surface area contributed by atoms with E-state index in [1.165, 1.54) is 0 Å². The van der Waals surface area contributed by atoms with Gasteiger partial charge in [-0.15, -0.1) is 0 Å². The van der Waals surface area contributed by atoms with Crippen LogP contribution in [0.2, 0.25) is 0 Å². The molecule has 14 heteroatoms. The maximum atomic E-state index is 14.3. The summed E-state index contributed by atoms with van der Waals surface area (Å²) in [6.45, 7) is 4.08. The molecule has 0 spiro atoms. The number of benzene rings is 4. The Labute approximate surface area is 359 Å². The Kier molecular flexibility index (Phi) is 8.74. The van der Waals surface area contributed by atoms with E-state index < -0.39 is 33.4 Å². The highest BCUT2D eigenvalue weighted by molar-refractivity contribution is 5.87. The molecular weight excluding hydrogens is 785 g/mol. The molecule has 2 aromatic heterocycles. The van der Waals surface area contributed by atoms with Crippen molar-refractivity contribution in [2.45, 2.75) is 60.0 Å². The van der Waals surface area contributed by atoms with Crippen LogP contribution in [0.1, 0.15) is 80.6 Å². The number of aldehydes is 2. The molecule has 0 radical (unpaired) electrons. The third kappa shape index (κ3) is 4.55. The van der Waals surface area contributed by atoms with Gasteiger partial charge in [-0.2, -0.15) is 10.1 Å². The summed E-state index contributed by atoms with van der Waals surface area (Å²) in [4.78, 5) is 48.1. The van der Waals surface area contributed by atoms with Gasteiger partial charge in [-0.3, -0.25) is 9.80 Å². The summed E-state index contributed by atoms with van der Waals surface area (Å²) in [7, 11) is 7.40. The van der Waals surface area contributed by atoms with Crippen LogP contribution in [-0.4, -0.2) is 114 Å². The fourth-order valence-electron chi connectivity index (χ4n) is 11.9. The van der Waals surface area contributed by atoms with Crippen molar-refractivity contribution in [3.8, 4) is 11.1 Å². The minimum Gasteiger partial charge on any atom is -0.366 e. The average Bonchev–Trinajstić information content (AvgIpc) is 4.09. The van der Waals surface area contributed by atoms with Gasteiger partial charge in [-0.1, -0.05) is 97.1 Å². The smallest absolute Gasteiger partial charge is 0.214 e. The van der Waals surface area contributed by atoms with Crippen molar-refractivity contribution in [2.24, 2.45) is 0 Å². The summed E-state index contributed by atoms with van der Waals surface area (Å²) in [6, 6.07) is 30.7. The number of aromatic amines is 2. The maximum absolute atomic E-state index is 14.3. The van der Waals surface area contributed by atoms with Gasteiger partial charge in [0, 0.05) is 13.1 Å². The van der Waals surface area contributed by atoms with Gasteiger partial charge in [0.1, 0.15) is 23.7 Å². The first kappa shape index (κ1) is 40.4. The number of aromatic nitrogens is 4. The second-order valence-corrected chi connectivity index (χ2v) is 17.8. The van der Waals surface area contributed by atoms with Gasteiger partial charge in [0.2, 0.25) is 11.4 Å². The number of hydrogen-bond acceptors (Lipinski definition) is 12. The number of fused-ring (bicyclic) bond motifs is 10. The minimum atomic E-state index is -1.89. The van der Waals surface area contributed by atoms with Crippen molar-refractivity contribution in [2.75, 3.05) is 41.3 Å². The third-order valence-electron chi connectivity index (χ3n) is 14.9. The molecule has 2 saturated heterocycles. The normalized spacial score (nSPS) is 27.1. The van der Waals surface area contributed by atoms with Crippen molar-refractivity contribution in [1.29, 1.82) is 0 Å². The van der Waals surface area contributed by atoms with Crippen LogP contribution in [0.5, 0.6) is 0 Å². The summed E-state index contributed by atoms with van der Waals surface area (Å²) in [5.74, 6) is 0.490. The molecule has 6 heterocycles. The summed E-state index contributed by atoms with van der Waals surface area (Å²) in [5, 5.41) is 49.6. The summed E-state index contributed by atoms with van der Waals surface area (Å²) >= 11 is 0. The SMILES string of the molecule is Cc1nc2[nH]c1C1(c3ccc(-c4ccc(C56CCN(O)[C@@]5(O)c5nc(C)c6[nH]5)cc4C(C=O)(c4ccccc4)N(C)C)c(C(C=O)(c4ccccc4)N(C)C)c3)CCN(O)[C@@]21O. The van der Waals surface area contributed by atoms with Crippen LogP contribution in [0.25, 0.3) is 11.1 Å². The minimum absolute atomic E-state index is 0.167. The summed E-state index contributed by atoms with van der Waals surface area (Å²) < 4.78 is 0. The zero-order valence-electron chi connectivity index (χ0n) is 35.5. The average molecular weight is 835 g/mol. The number of nitrogens with one attached hydrogen (secondary N) is 2. The van der Waals surface area contributed by atoms with Gasteiger partial charge in [-0.05, 0) is 99.4 Å². The van der Waals surface area contributed by atoms with Gasteiger partial charge < -0.3 is 40.2 Å². The number of rotatable bonds is 11. The molecule has 14 nitrogen and oxygen atoms in total. The molecule has 4 aliphatic heterocycles. The van der Waals surface area contributed by atoms with E-state index in [0.717, 1.165) is 22.7 Å². The van der Waals surface area contributed by atoms with E-state index in [-0.39, 0.29) is 24.7 Å². The largest absolute Gasteiger partial charge is 0.366 e. The Balaban J connectivity index is 1.32. The summed E-state index contributed by atoms with van der Waals surface area (Å²) in [5.41, 5.74) is -1.07. The molecule has 6 aromatic rings. The Bertz CT molecular complexity index is 2600. The van der Waals surface area contributed by atoms with Crippen molar-refractivity contribution >= 4 is 12.6 Å². The van der Waals surface area contributed by atoms with Crippen LogP contribution >= 0.6 is 0 Å². The molecule has 0 aliphatic carbocycles. The van der Waals surface area contributed by atoms with E-state index in [2.05, 4.69) is 19.9 Å². The number of hydroxylamine groups is 4. The van der Waals surface area contributed by atoms with Crippen molar-refractivity contribution in [1.82, 2.24) is 39.9 Å². The Morgan fingerprint density at radius 1 is 0.613 bits per heavy atom. The van der Waals surface area contributed by atoms with Crippen LogP contribution in [-0.2, 0) is 42.9 Å². The summed E-state index contributed by atoms with van der Waals surface area (Å²) in [6.07, 6.45) is 2.57. The highest BCUT2D eigenvalue weighted by Crippen LogP contribution is 2.62. The van der Waals surface area contributed by atoms with Crippen molar-refractivity contribution in [3.05, 3.63) is 165 Å². The van der Waals surface area contributed by atoms with Crippen LogP contribution in [0.4, 0.5) is 0 Å². The lowest BCUT2D eigenvalue weighted by Gasteiger charge is -2.43. The zero-order valence-corrected chi connectivity index (χ0v) is 35.5. The fraction of sp³-hybridized carbons (Fsp3) is 0.333. The Morgan fingerprint density at radius 3 is 1.32 bits per heavy atom. The van der Waals surface area contributed by atoms with E-state index in [4.69, 9.17) is 0 Å². The molecule has 4 aromatic carbocycles. The Morgan fingerprint density at radius 2 is 0.984 bits per heavy atom. The lowest BCUT2D eigenvalue weighted by atomic mass is 9.66. The quantitative estimate of drug-likeness (QED) is 0.101. The number of carbonyl (C=O) groups excluding carboxylic acids is 2. The Hall–Kier alpha value is -5.68. The van der Waals surface area contributed by atoms with Gasteiger partial charge in [0.15, 0.2) is 11.6 Å². The van der Waals surface area contributed by atoms with Crippen LogP contribution < -0.4 is 0 Å². The molecule has 10 rings (SSSR count). The second kappa shape index (κ2) is 13.4. The molecule has 0 amide bonds. The topological polar surface area (TPSA) is 185 Å². The molecule has 318 valence electrons. The molecule has 4 unspecified atom stereocenters. The predicted octanol–water partition coefficient (Wildman–Crippen LogP) is 4.50. The second-order valence-electron chi connectivity index (χ2n) is 17.8. The fourth-order valence-corrected chi connectivity index (χ4v) is 11.9. The number of likely N-dealkylation sites (N-methyl/N-ethyl adjacent to an activating group) is 2. The van der Waals surface area contributed by atoms with E-state index in [1.807, 2.05) is 149 Å². The number of aliphatic hydroxyl groups is 2. The van der Waals surface area contributed by atoms with Gasteiger partial charge in [-0.25, -0.2) is 9.97 Å². The lowest BCUT2D eigenvalue weighted by Crippen LogP contribution is -2.52. The number of H-pyrrole nitrogens is 2. The predicted molar refractivity (Wildman–Crippen MR) is 228 cm³/mol. The third-order valence-corrected chi connectivity index (χ3v) is 14.9. The molecule has 6 N–H and O–H groups in total. The first-order valence-electron chi connectivity index (χ1n) is 20.9. The van der Waals surface area contributed by atoms with Gasteiger partial charge in [0.25, 0.3) is 0 Å². The van der Waals surface area contributed by atoms with Crippen LogP contribution in [0.15, 0.2) is 97.1 Å². The van der Waals surface area contributed by atoms with Crippen molar-refractivity contribution < 1.29 is 30.2 Å². The first-order valence-corrected chi connectivity index (χ1v) is 20.9. The number of carbonyl (C=O) groups is 2. The monoisotopic (exact) mass is 834 g/mol. The number of hydrogen-bond donors (Lipinski definition) is 6. The highest BCUT2D eigenvalue weighted by Gasteiger charge is 2.70. The van der Waals surface area contributed by atoms with Crippen LogP contribution in [0, 0.1) is 13.8 Å². The van der Waals surface area contributed by atoms with Gasteiger partial charge in [0.05, 0.1) is 33.6 Å². The van der Waals surface area contributed by atoms with E-state index in [0.29, 0.717) is 80.1 Å². The molecule has 2 fully saturated rings. The molecular formula is C48H50N8O6. The lowest BCUT2D eigenvalue weighted by molar-refractivity contribution is -0.262. The highest BCUT2D eigenvalue weighted by atomic mass is 16.6. The number of imidazole rings is 2. The molecule has 62 heavy (non-hydrogen) atoms. The van der Waals surface area contributed by atoms with Gasteiger partial charge >= 0.3 is 0 Å². The van der Waals surface area contributed by atoms with Crippen LogP contribution in [0.3, 0.4) is 0 Å². The maximum Gasteiger partial charge on any atom is 0.214 e. The standard InChI is InChI=1S/C48H50N8O6/c1-29-39-43(21-23-55(61)47(43,59)41(49-29)51-39)33-17-19-35(37(25-33)45(27-57,53(3)4)31-13-9-7-10-14-31)36-20-18-34(26-38(36)46(28-58,54(5)6)32-15-11-8-12-16-32)44-22-24-56(62)48(44,60)42-50-30(2)40(44)52-42/h7-20,25-28,59-62H,21-24H2,1-6H3,(H,49,51)(H,50,52)/t43?,44?,45?,46?,47-,48-/m1/s1. The van der Waals surface area contributed by atoms with E-state index in [9.17, 15) is 30.2 Å². The van der Waals surface area contributed by atoms with E-state index >= 15 is 0 Å². The zero-order chi connectivity index (χ0) is 43.8. The van der Waals surface area contributed by atoms with E-state index in [1.54, 1.807) is 0 Å². The first-order chi connectivity index (χ1) is 29.6. The van der Waals surface area contributed by atoms with Crippen molar-refractivity contribution in [3.63, 3.8) is 0 Å². The molecule has 0 saturated carbocycles.